The van der Waals surface area contributed by atoms with Crippen LogP contribution in [0.1, 0.15) is 55.8 Å². The monoisotopic (exact) mass is 500 g/mol. The third kappa shape index (κ3) is 6.00. The standard InChI is InChI=1S/C30H32N2O5/c1-3-5-17-37-24-13-11-22(12-14-24)28(33)26-27(23-9-6-10-25(18-23)36-16-4-2)32(30(35)29(26)34)20-21-8-7-15-31-19-21/h6-15,18-19,27,33H,3-5,16-17,20H2,1-2H3. The number of nitrogens with zero attached hydrogens (tertiary/aromatic N) is 2. The fourth-order valence-electron chi connectivity index (χ4n) is 4.27. The molecule has 1 unspecified atom stereocenters. The van der Waals surface area contributed by atoms with Crippen LogP contribution in [0, 0.1) is 0 Å². The third-order valence-electron chi connectivity index (χ3n) is 6.16. The number of benzene rings is 2. The van der Waals surface area contributed by atoms with Gasteiger partial charge in [-0.05, 0) is 66.4 Å². The number of hydrogen-bond donors (Lipinski definition) is 1. The molecule has 1 aliphatic rings. The Hall–Kier alpha value is -4.13. The lowest BCUT2D eigenvalue weighted by atomic mass is 9.95. The molecule has 4 rings (SSSR count). The van der Waals surface area contributed by atoms with Gasteiger partial charge in [0.25, 0.3) is 11.7 Å². The minimum atomic E-state index is -0.786. The summed E-state index contributed by atoms with van der Waals surface area (Å²) in [6.45, 7) is 5.44. The summed E-state index contributed by atoms with van der Waals surface area (Å²) in [6, 6.07) is 17.1. The molecule has 1 N–H and O–H groups in total. The van der Waals surface area contributed by atoms with Crippen molar-refractivity contribution >= 4 is 17.4 Å². The highest BCUT2D eigenvalue weighted by molar-refractivity contribution is 6.46. The van der Waals surface area contributed by atoms with Crippen LogP contribution in [0.5, 0.6) is 11.5 Å². The summed E-state index contributed by atoms with van der Waals surface area (Å²) < 4.78 is 11.5. The minimum absolute atomic E-state index is 0.0428. The first-order valence-electron chi connectivity index (χ1n) is 12.7. The number of ketones is 1. The van der Waals surface area contributed by atoms with E-state index in [9.17, 15) is 14.7 Å². The first-order valence-corrected chi connectivity index (χ1v) is 12.7. The number of hydrogen-bond acceptors (Lipinski definition) is 6. The predicted molar refractivity (Wildman–Crippen MR) is 141 cm³/mol. The average molecular weight is 501 g/mol. The second-order valence-corrected chi connectivity index (χ2v) is 8.94. The molecule has 192 valence electrons. The van der Waals surface area contributed by atoms with Gasteiger partial charge >= 0.3 is 0 Å². The Morgan fingerprint density at radius 2 is 1.73 bits per heavy atom. The molecular formula is C30H32N2O5. The first kappa shape index (κ1) is 25.9. The van der Waals surface area contributed by atoms with E-state index in [1.54, 1.807) is 42.7 Å². The molecule has 37 heavy (non-hydrogen) atoms. The number of amides is 1. The molecule has 7 heteroatoms. The number of unbranched alkanes of at least 4 members (excludes halogenated alkanes) is 1. The van der Waals surface area contributed by atoms with Crippen LogP contribution in [0.4, 0.5) is 0 Å². The van der Waals surface area contributed by atoms with E-state index < -0.39 is 17.7 Å². The van der Waals surface area contributed by atoms with Crippen molar-refractivity contribution in [2.24, 2.45) is 0 Å². The van der Waals surface area contributed by atoms with E-state index in [-0.39, 0.29) is 17.9 Å². The van der Waals surface area contributed by atoms with E-state index in [1.165, 1.54) is 4.90 Å². The SMILES string of the molecule is CCCCOc1ccc(C(O)=C2C(=O)C(=O)N(Cc3cccnc3)C2c2cccc(OCCC)c2)cc1. The zero-order valence-corrected chi connectivity index (χ0v) is 21.2. The first-order chi connectivity index (χ1) is 18.0. The number of Topliss-reactive ketones (excluding diaryl/α,β-unsaturated/α-hetero) is 1. The number of carbonyl (C=O) groups is 2. The summed E-state index contributed by atoms with van der Waals surface area (Å²) in [5.41, 5.74) is 1.94. The molecule has 2 heterocycles. The number of pyridine rings is 1. The summed E-state index contributed by atoms with van der Waals surface area (Å²) in [6.07, 6.45) is 6.14. The van der Waals surface area contributed by atoms with Gasteiger partial charge in [0.15, 0.2) is 0 Å². The van der Waals surface area contributed by atoms with Crippen molar-refractivity contribution < 1.29 is 24.2 Å². The number of aliphatic hydroxyl groups is 1. The van der Waals surface area contributed by atoms with Crippen LogP contribution in [0.3, 0.4) is 0 Å². The number of likely N-dealkylation sites (tertiary alicyclic amines) is 1. The summed E-state index contributed by atoms with van der Waals surface area (Å²) in [7, 11) is 0. The Labute approximate surface area is 217 Å². The Kier molecular flexibility index (Phi) is 8.56. The topological polar surface area (TPSA) is 89.0 Å². The van der Waals surface area contributed by atoms with E-state index in [0.29, 0.717) is 35.8 Å². The zero-order valence-electron chi connectivity index (χ0n) is 21.2. The molecule has 0 bridgehead atoms. The molecular weight excluding hydrogens is 468 g/mol. The van der Waals surface area contributed by atoms with Crippen molar-refractivity contribution in [1.82, 2.24) is 9.88 Å². The lowest BCUT2D eigenvalue weighted by Crippen LogP contribution is -2.29. The van der Waals surface area contributed by atoms with E-state index >= 15 is 0 Å². The molecule has 1 atom stereocenters. The molecule has 0 spiro atoms. The molecule has 1 amide bonds. The van der Waals surface area contributed by atoms with Crippen molar-refractivity contribution in [2.45, 2.75) is 45.7 Å². The van der Waals surface area contributed by atoms with Crippen molar-refractivity contribution in [3.63, 3.8) is 0 Å². The molecule has 7 nitrogen and oxygen atoms in total. The van der Waals surface area contributed by atoms with Crippen LogP contribution in [0.2, 0.25) is 0 Å². The molecule has 1 aromatic heterocycles. The van der Waals surface area contributed by atoms with E-state index in [1.807, 2.05) is 37.3 Å². The number of rotatable bonds is 11. The van der Waals surface area contributed by atoms with Gasteiger partial charge in [0.2, 0.25) is 0 Å². The highest BCUT2D eigenvalue weighted by atomic mass is 16.5. The molecule has 1 aliphatic heterocycles. The highest BCUT2D eigenvalue weighted by Gasteiger charge is 2.46. The number of aliphatic hydroxyl groups excluding tert-OH is 1. The molecule has 0 aliphatic carbocycles. The van der Waals surface area contributed by atoms with Crippen molar-refractivity contribution in [1.29, 1.82) is 0 Å². The summed E-state index contributed by atoms with van der Waals surface area (Å²) in [4.78, 5) is 32.2. The lowest BCUT2D eigenvalue weighted by molar-refractivity contribution is -0.140. The van der Waals surface area contributed by atoms with Gasteiger partial charge in [0, 0.05) is 24.5 Å². The van der Waals surface area contributed by atoms with E-state index in [0.717, 1.165) is 24.8 Å². The van der Waals surface area contributed by atoms with Crippen molar-refractivity contribution in [2.75, 3.05) is 13.2 Å². The molecule has 1 fully saturated rings. The number of aromatic nitrogens is 1. The Morgan fingerprint density at radius 1 is 0.946 bits per heavy atom. The quantitative estimate of drug-likeness (QED) is 0.158. The van der Waals surface area contributed by atoms with Gasteiger partial charge in [-0.3, -0.25) is 14.6 Å². The molecule has 2 aromatic carbocycles. The number of ether oxygens (including phenoxy) is 2. The van der Waals surface area contributed by atoms with Gasteiger partial charge in [-0.25, -0.2) is 0 Å². The molecule has 3 aromatic rings. The second-order valence-electron chi connectivity index (χ2n) is 8.94. The second kappa shape index (κ2) is 12.2. The fourth-order valence-corrected chi connectivity index (χ4v) is 4.27. The maximum absolute atomic E-state index is 13.3. The van der Waals surface area contributed by atoms with Gasteiger partial charge in [-0.15, -0.1) is 0 Å². The Bertz CT molecular complexity index is 1250. The van der Waals surface area contributed by atoms with Crippen LogP contribution < -0.4 is 9.47 Å². The van der Waals surface area contributed by atoms with Gasteiger partial charge in [-0.2, -0.15) is 0 Å². The summed E-state index contributed by atoms with van der Waals surface area (Å²) in [5.74, 6) is -0.305. The molecule has 0 saturated carbocycles. The van der Waals surface area contributed by atoms with Gasteiger partial charge in [0.1, 0.15) is 17.3 Å². The van der Waals surface area contributed by atoms with E-state index in [4.69, 9.17) is 9.47 Å². The smallest absolute Gasteiger partial charge is 0.295 e. The number of carbonyl (C=O) groups excluding carboxylic acids is 2. The van der Waals surface area contributed by atoms with Crippen LogP contribution in [0.15, 0.2) is 78.6 Å². The van der Waals surface area contributed by atoms with Crippen molar-refractivity contribution in [3.05, 3.63) is 95.3 Å². The summed E-state index contributed by atoms with van der Waals surface area (Å²) in [5, 5.41) is 11.3. The molecule has 0 radical (unpaired) electrons. The maximum atomic E-state index is 13.3. The highest BCUT2D eigenvalue weighted by Crippen LogP contribution is 2.41. The fraction of sp³-hybridized carbons (Fsp3) is 0.300. The molecule has 1 saturated heterocycles. The van der Waals surface area contributed by atoms with Crippen molar-refractivity contribution in [3.8, 4) is 11.5 Å². The largest absolute Gasteiger partial charge is 0.507 e. The maximum Gasteiger partial charge on any atom is 0.295 e. The van der Waals surface area contributed by atoms with Crippen LogP contribution in [-0.4, -0.2) is 39.9 Å². The van der Waals surface area contributed by atoms with Crippen LogP contribution in [0.25, 0.3) is 5.76 Å². The van der Waals surface area contributed by atoms with Crippen LogP contribution in [-0.2, 0) is 16.1 Å². The normalized spacial score (nSPS) is 16.7. The van der Waals surface area contributed by atoms with Crippen LogP contribution >= 0.6 is 0 Å². The Morgan fingerprint density at radius 3 is 2.43 bits per heavy atom. The van der Waals surface area contributed by atoms with Gasteiger partial charge < -0.3 is 19.5 Å². The van der Waals surface area contributed by atoms with Gasteiger partial charge in [0.05, 0.1) is 24.8 Å². The van der Waals surface area contributed by atoms with Gasteiger partial charge in [-0.1, -0.05) is 38.5 Å². The lowest BCUT2D eigenvalue weighted by Gasteiger charge is -2.25. The predicted octanol–water partition coefficient (Wildman–Crippen LogP) is 5.67. The Balaban J connectivity index is 1.75. The zero-order chi connectivity index (χ0) is 26.2. The van der Waals surface area contributed by atoms with E-state index in [2.05, 4.69) is 11.9 Å². The summed E-state index contributed by atoms with van der Waals surface area (Å²) >= 11 is 0. The minimum Gasteiger partial charge on any atom is -0.507 e. The average Bonchev–Trinajstić information content (AvgIpc) is 3.17. The third-order valence-corrected chi connectivity index (χ3v) is 6.16.